The molecule has 2 unspecified atom stereocenters. The molecule has 0 aromatic heterocycles. The summed E-state index contributed by atoms with van der Waals surface area (Å²) in [6.07, 6.45) is 5.32. The van der Waals surface area contributed by atoms with E-state index in [0.717, 1.165) is 24.8 Å². The Hall–Kier alpha value is -1.06. The van der Waals surface area contributed by atoms with E-state index in [9.17, 15) is 0 Å². The van der Waals surface area contributed by atoms with E-state index in [1.54, 1.807) is 0 Å². The van der Waals surface area contributed by atoms with E-state index in [0.29, 0.717) is 6.04 Å². The predicted molar refractivity (Wildman–Crippen MR) is 86.8 cm³/mol. The van der Waals surface area contributed by atoms with Gasteiger partial charge in [0.2, 0.25) is 0 Å². The van der Waals surface area contributed by atoms with E-state index in [2.05, 4.69) is 16.7 Å². The fourth-order valence-corrected chi connectivity index (χ4v) is 3.70. The summed E-state index contributed by atoms with van der Waals surface area (Å²) in [4.78, 5) is 5.38. The lowest BCUT2D eigenvalue weighted by molar-refractivity contribution is 0.0133. The van der Waals surface area contributed by atoms with Crippen molar-refractivity contribution in [2.24, 2.45) is 0 Å². The van der Waals surface area contributed by atoms with E-state index in [1.165, 1.54) is 45.4 Å². The van der Waals surface area contributed by atoms with Crippen LogP contribution in [0.2, 0.25) is 0 Å². The van der Waals surface area contributed by atoms with Crippen LogP contribution >= 0.6 is 0 Å². The number of fused-ring (bicyclic) bond motifs is 1. The van der Waals surface area contributed by atoms with Gasteiger partial charge in [-0.2, -0.15) is 0 Å². The average Bonchev–Trinajstić information content (AvgIpc) is 2.53. The van der Waals surface area contributed by atoms with Gasteiger partial charge in [0, 0.05) is 31.7 Å². The quantitative estimate of drug-likeness (QED) is 0.775. The van der Waals surface area contributed by atoms with Crippen molar-refractivity contribution in [2.45, 2.75) is 44.7 Å². The van der Waals surface area contributed by atoms with Crippen molar-refractivity contribution in [3.8, 4) is 5.75 Å². The summed E-state index contributed by atoms with van der Waals surface area (Å²) in [5.41, 5.74) is 0. The highest BCUT2D eigenvalue weighted by atomic mass is 16.5. The first kappa shape index (κ1) is 14.9. The van der Waals surface area contributed by atoms with Gasteiger partial charge in [-0.05, 0) is 44.9 Å². The first-order valence-corrected chi connectivity index (χ1v) is 8.49. The minimum absolute atomic E-state index is 0.691. The highest BCUT2D eigenvalue weighted by Gasteiger charge is 2.32. The zero-order valence-electron chi connectivity index (χ0n) is 13.2. The van der Waals surface area contributed by atoms with Crippen LogP contribution in [0.1, 0.15) is 32.6 Å². The van der Waals surface area contributed by atoms with Crippen molar-refractivity contribution < 1.29 is 4.74 Å². The molecule has 116 valence electrons. The summed E-state index contributed by atoms with van der Waals surface area (Å²) in [6, 6.07) is 11.6. The van der Waals surface area contributed by atoms with Crippen molar-refractivity contribution in [2.75, 3.05) is 32.8 Å². The normalized spacial score (nSPS) is 27.3. The first-order chi connectivity index (χ1) is 10.3. The molecule has 2 fully saturated rings. The van der Waals surface area contributed by atoms with Gasteiger partial charge in [0.15, 0.2) is 0 Å². The summed E-state index contributed by atoms with van der Waals surface area (Å²) >= 11 is 0. The van der Waals surface area contributed by atoms with Gasteiger partial charge < -0.3 is 4.74 Å². The van der Waals surface area contributed by atoms with E-state index < -0.39 is 0 Å². The van der Waals surface area contributed by atoms with Crippen LogP contribution in [-0.4, -0.2) is 54.7 Å². The number of ether oxygens (including phenoxy) is 1. The summed E-state index contributed by atoms with van der Waals surface area (Å²) < 4.78 is 5.80. The standard InChI is InChI=1S/C18H28N2O/c1-16-14-20-11-6-5-8-17(20)15-19(16)12-7-13-21-18-9-3-2-4-10-18/h2-4,9-10,16-17H,5-8,11-15H2,1H3. The Balaban J connectivity index is 1.40. The van der Waals surface area contributed by atoms with Crippen molar-refractivity contribution in [3.63, 3.8) is 0 Å². The number of hydrogen-bond acceptors (Lipinski definition) is 3. The summed E-state index contributed by atoms with van der Waals surface area (Å²) in [6.45, 7) is 8.19. The number of para-hydroxylation sites is 1. The molecule has 0 aliphatic carbocycles. The second-order valence-corrected chi connectivity index (χ2v) is 6.50. The van der Waals surface area contributed by atoms with Crippen LogP contribution in [0.15, 0.2) is 30.3 Å². The monoisotopic (exact) mass is 288 g/mol. The van der Waals surface area contributed by atoms with Crippen molar-refractivity contribution >= 4 is 0 Å². The molecule has 3 nitrogen and oxygen atoms in total. The number of hydrogen-bond donors (Lipinski definition) is 0. The second kappa shape index (κ2) is 7.28. The van der Waals surface area contributed by atoms with Crippen LogP contribution in [0.25, 0.3) is 0 Å². The Morgan fingerprint density at radius 1 is 1.14 bits per heavy atom. The fourth-order valence-electron chi connectivity index (χ4n) is 3.70. The molecule has 2 heterocycles. The van der Waals surface area contributed by atoms with E-state index in [4.69, 9.17) is 4.74 Å². The fraction of sp³-hybridized carbons (Fsp3) is 0.667. The number of benzene rings is 1. The highest BCUT2D eigenvalue weighted by Crippen LogP contribution is 2.24. The third-order valence-electron chi connectivity index (χ3n) is 4.92. The Labute approximate surface area is 128 Å². The molecule has 0 radical (unpaired) electrons. The number of piperazine rings is 1. The third-order valence-corrected chi connectivity index (χ3v) is 4.92. The molecule has 0 spiro atoms. The van der Waals surface area contributed by atoms with Gasteiger partial charge in [0.05, 0.1) is 6.61 Å². The minimum atomic E-state index is 0.691. The first-order valence-electron chi connectivity index (χ1n) is 8.49. The van der Waals surface area contributed by atoms with Crippen LogP contribution in [0.4, 0.5) is 0 Å². The van der Waals surface area contributed by atoms with E-state index in [1.807, 2.05) is 30.3 Å². The molecule has 0 saturated carbocycles. The molecule has 2 aliphatic heterocycles. The molecule has 0 bridgehead atoms. The Morgan fingerprint density at radius 2 is 2.00 bits per heavy atom. The van der Waals surface area contributed by atoms with E-state index >= 15 is 0 Å². The topological polar surface area (TPSA) is 15.7 Å². The average molecular weight is 288 g/mol. The maximum Gasteiger partial charge on any atom is 0.119 e. The summed E-state index contributed by atoms with van der Waals surface area (Å²) in [7, 11) is 0. The van der Waals surface area contributed by atoms with Crippen molar-refractivity contribution in [1.82, 2.24) is 9.80 Å². The molecule has 2 aliphatic rings. The van der Waals surface area contributed by atoms with Crippen LogP contribution in [0.3, 0.4) is 0 Å². The zero-order chi connectivity index (χ0) is 14.5. The zero-order valence-corrected chi connectivity index (χ0v) is 13.2. The van der Waals surface area contributed by atoms with Crippen molar-refractivity contribution in [3.05, 3.63) is 30.3 Å². The molecular formula is C18H28N2O. The third kappa shape index (κ3) is 3.98. The van der Waals surface area contributed by atoms with Gasteiger partial charge in [-0.1, -0.05) is 24.6 Å². The Kier molecular flexibility index (Phi) is 5.15. The van der Waals surface area contributed by atoms with Crippen LogP contribution in [0, 0.1) is 0 Å². The molecule has 3 heteroatoms. The Morgan fingerprint density at radius 3 is 2.86 bits per heavy atom. The molecule has 1 aromatic carbocycles. The maximum atomic E-state index is 5.80. The van der Waals surface area contributed by atoms with E-state index in [-0.39, 0.29) is 0 Å². The van der Waals surface area contributed by atoms with Crippen LogP contribution < -0.4 is 4.74 Å². The SMILES string of the molecule is CC1CN2CCCCC2CN1CCCOc1ccccc1. The highest BCUT2D eigenvalue weighted by molar-refractivity contribution is 5.20. The molecule has 3 rings (SSSR count). The van der Waals surface area contributed by atoms with Gasteiger partial charge in [-0.3, -0.25) is 9.80 Å². The lowest BCUT2D eigenvalue weighted by atomic mass is 9.97. The van der Waals surface area contributed by atoms with Crippen LogP contribution in [-0.2, 0) is 0 Å². The molecule has 1 aromatic rings. The number of nitrogens with zero attached hydrogens (tertiary/aromatic N) is 2. The maximum absolute atomic E-state index is 5.80. The van der Waals surface area contributed by atoms with Crippen molar-refractivity contribution in [1.29, 1.82) is 0 Å². The minimum Gasteiger partial charge on any atom is -0.494 e. The van der Waals surface area contributed by atoms with Gasteiger partial charge in [0.1, 0.15) is 5.75 Å². The Bertz CT molecular complexity index is 422. The van der Waals surface area contributed by atoms with Gasteiger partial charge in [0.25, 0.3) is 0 Å². The molecule has 2 saturated heterocycles. The molecule has 0 amide bonds. The van der Waals surface area contributed by atoms with Gasteiger partial charge >= 0.3 is 0 Å². The number of piperidine rings is 1. The molecule has 21 heavy (non-hydrogen) atoms. The largest absolute Gasteiger partial charge is 0.494 e. The van der Waals surface area contributed by atoms with Crippen LogP contribution in [0.5, 0.6) is 5.75 Å². The smallest absolute Gasteiger partial charge is 0.119 e. The molecule has 2 atom stereocenters. The summed E-state index contributed by atoms with van der Waals surface area (Å²) in [5, 5.41) is 0. The second-order valence-electron chi connectivity index (χ2n) is 6.50. The lowest BCUT2D eigenvalue weighted by Gasteiger charge is -2.47. The van der Waals surface area contributed by atoms with Gasteiger partial charge in [-0.25, -0.2) is 0 Å². The molecule has 0 N–H and O–H groups in total. The predicted octanol–water partition coefficient (Wildman–Crippen LogP) is 3.01. The lowest BCUT2D eigenvalue weighted by Crippen LogP contribution is -2.58. The molecular weight excluding hydrogens is 260 g/mol. The van der Waals surface area contributed by atoms with Gasteiger partial charge in [-0.15, -0.1) is 0 Å². The number of rotatable bonds is 5. The summed E-state index contributed by atoms with van der Waals surface area (Å²) in [5.74, 6) is 0.989.